The zero-order valence-electron chi connectivity index (χ0n) is 20.8. The molecule has 4 rings (SSSR count). The van der Waals surface area contributed by atoms with E-state index in [1.807, 2.05) is 6.92 Å². The molecule has 12 atom stereocenters. The fraction of sp³-hybridized carbons (Fsp3) is 0.929. The molecule has 4 heteroatoms. The van der Waals surface area contributed by atoms with E-state index in [9.17, 15) is 20.4 Å². The van der Waals surface area contributed by atoms with E-state index in [1.54, 1.807) is 0 Å². The van der Waals surface area contributed by atoms with E-state index in [-0.39, 0.29) is 53.5 Å². The van der Waals surface area contributed by atoms with Gasteiger partial charge in [-0.3, -0.25) is 0 Å². The maximum absolute atomic E-state index is 11.4. The minimum Gasteiger partial charge on any atom is -0.396 e. The highest BCUT2D eigenvalue weighted by Gasteiger charge is 2.64. The third-order valence-corrected chi connectivity index (χ3v) is 11.3. The second-order valence-electron chi connectivity index (χ2n) is 12.9. The molecule has 4 aliphatic rings. The van der Waals surface area contributed by atoms with Crippen LogP contribution in [0.25, 0.3) is 0 Å². The van der Waals surface area contributed by atoms with Gasteiger partial charge in [-0.1, -0.05) is 39.8 Å². The zero-order chi connectivity index (χ0) is 23.4. The Bertz CT molecular complexity index is 693. The summed E-state index contributed by atoms with van der Waals surface area (Å²) in [5.41, 5.74) is 1.35. The summed E-state index contributed by atoms with van der Waals surface area (Å²) >= 11 is 0. The standard InChI is InChI=1S/C28H48O4/c1-16(18(3)15-29)6-7-17(2)22-14-25(32)26-20-13-24(31)23-12-19(30)8-10-27(23,4)21(20)9-11-28(22,26)5/h17-26,29-32H,1,6-15H2,2-5H3/t17-,18+,19+,20-,21+,22+,23-,24+,25-,26+,27-,28-/m1/s1. The lowest BCUT2D eigenvalue weighted by molar-refractivity contribution is -0.181. The highest BCUT2D eigenvalue weighted by molar-refractivity contribution is 5.13. The van der Waals surface area contributed by atoms with E-state index in [4.69, 9.17) is 0 Å². The van der Waals surface area contributed by atoms with Crippen molar-refractivity contribution in [3.05, 3.63) is 12.2 Å². The van der Waals surface area contributed by atoms with Crippen molar-refractivity contribution in [2.24, 2.45) is 52.3 Å². The van der Waals surface area contributed by atoms with Crippen LogP contribution in [0, 0.1) is 52.3 Å². The molecule has 32 heavy (non-hydrogen) atoms. The van der Waals surface area contributed by atoms with Crippen molar-refractivity contribution in [1.82, 2.24) is 0 Å². The lowest BCUT2D eigenvalue weighted by Crippen LogP contribution is -2.59. The first-order valence-corrected chi connectivity index (χ1v) is 13.4. The number of rotatable bonds is 6. The number of hydrogen-bond acceptors (Lipinski definition) is 4. The van der Waals surface area contributed by atoms with Crippen molar-refractivity contribution in [1.29, 1.82) is 0 Å². The molecule has 4 nitrogen and oxygen atoms in total. The van der Waals surface area contributed by atoms with Crippen LogP contribution in [0.1, 0.15) is 85.5 Å². The van der Waals surface area contributed by atoms with E-state index in [0.717, 1.165) is 50.5 Å². The SMILES string of the molecule is C=C(CC[C@@H](C)[C@@H]1C[C@@H](O)[C@@H]2[C@@H]3C[C@H](O)[C@H]4C[C@@H](O)CC[C@]4(C)[C@H]3CC[C@@]21C)[C@@H](C)CO. The van der Waals surface area contributed by atoms with Crippen molar-refractivity contribution >= 4 is 0 Å². The molecule has 184 valence electrons. The Morgan fingerprint density at radius 1 is 0.938 bits per heavy atom. The monoisotopic (exact) mass is 448 g/mol. The van der Waals surface area contributed by atoms with Gasteiger partial charge in [0, 0.05) is 6.61 Å². The average molecular weight is 449 g/mol. The van der Waals surface area contributed by atoms with Crippen molar-refractivity contribution in [2.75, 3.05) is 6.61 Å². The molecule has 4 saturated carbocycles. The first-order valence-electron chi connectivity index (χ1n) is 13.4. The Morgan fingerprint density at radius 2 is 1.62 bits per heavy atom. The largest absolute Gasteiger partial charge is 0.396 e. The maximum Gasteiger partial charge on any atom is 0.0579 e. The van der Waals surface area contributed by atoms with E-state index in [2.05, 4.69) is 27.4 Å². The summed E-state index contributed by atoms with van der Waals surface area (Å²) < 4.78 is 0. The van der Waals surface area contributed by atoms with Gasteiger partial charge in [0.05, 0.1) is 18.3 Å². The van der Waals surface area contributed by atoms with Crippen LogP contribution in [0.2, 0.25) is 0 Å². The summed E-state index contributed by atoms with van der Waals surface area (Å²) in [5.74, 6) is 2.57. The molecule has 4 aliphatic carbocycles. The number of hydrogen-bond donors (Lipinski definition) is 4. The zero-order valence-corrected chi connectivity index (χ0v) is 20.8. The predicted molar refractivity (Wildman–Crippen MR) is 128 cm³/mol. The summed E-state index contributed by atoms with van der Waals surface area (Å²) in [4.78, 5) is 0. The Hall–Kier alpha value is -0.420. The average Bonchev–Trinajstić information content (AvgIpc) is 3.03. The van der Waals surface area contributed by atoms with Gasteiger partial charge in [-0.25, -0.2) is 0 Å². The summed E-state index contributed by atoms with van der Waals surface area (Å²) in [6.07, 6.45) is 7.73. The van der Waals surface area contributed by atoms with Gasteiger partial charge in [-0.2, -0.15) is 0 Å². The van der Waals surface area contributed by atoms with Crippen LogP contribution in [-0.4, -0.2) is 45.3 Å². The van der Waals surface area contributed by atoms with E-state index in [1.165, 1.54) is 12.8 Å². The molecule has 0 saturated heterocycles. The van der Waals surface area contributed by atoms with Gasteiger partial charge in [0.25, 0.3) is 0 Å². The minimum absolute atomic E-state index is 0.0878. The van der Waals surface area contributed by atoms with Crippen molar-refractivity contribution in [3.8, 4) is 0 Å². The van der Waals surface area contributed by atoms with Crippen LogP contribution in [0.15, 0.2) is 12.2 Å². The van der Waals surface area contributed by atoms with Gasteiger partial charge in [-0.05, 0) is 110 Å². The normalized spacial score (nSPS) is 50.1. The van der Waals surface area contributed by atoms with E-state index in [0.29, 0.717) is 23.7 Å². The topological polar surface area (TPSA) is 80.9 Å². The highest BCUT2D eigenvalue weighted by Crippen LogP contribution is 2.68. The van der Waals surface area contributed by atoms with E-state index < -0.39 is 0 Å². The number of fused-ring (bicyclic) bond motifs is 5. The lowest BCUT2D eigenvalue weighted by atomic mass is 9.43. The van der Waals surface area contributed by atoms with Crippen LogP contribution in [-0.2, 0) is 0 Å². The fourth-order valence-corrected chi connectivity index (χ4v) is 9.26. The molecular weight excluding hydrogens is 400 g/mol. The van der Waals surface area contributed by atoms with Gasteiger partial charge < -0.3 is 20.4 Å². The predicted octanol–water partition coefficient (Wildman–Crippen LogP) is 4.55. The Kier molecular flexibility index (Phi) is 6.93. The lowest BCUT2D eigenvalue weighted by Gasteiger charge is -2.62. The highest BCUT2D eigenvalue weighted by atomic mass is 16.3. The molecule has 0 bridgehead atoms. The summed E-state index contributed by atoms with van der Waals surface area (Å²) in [6, 6.07) is 0. The number of aliphatic hydroxyl groups excluding tert-OH is 4. The molecule has 0 spiro atoms. The van der Waals surface area contributed by atoms with Gasteiger partial charge in [0.2, 0.25) is 0 Å². The minimum atomic E-state index is -0.356. The van der Waals surface area contributed by atoms with Gasteiger partial charge >= 0.3 is 0 Å². The first kappa shape index (κ1) is 24.7. The van der Waals surface area contributed by atoms with Crippen molar-refractivity contribution in [2.45, 2.75) is 104 Å². The molecule has 0 aromatic carbocycles. The molecule has 4 N–H and O–H groups in total. The molecule has 0 unspecified atom stereocenters. The van der Waals surface area contributed by atoms with Gasteiger partial charge in [0.15, 0.2) is 0 Å². The van der Waals surface area contributed by atoms with Gasteiger partial charge in [0.1, 0.15) is 0 Å². The van der Waals surface area contributed by atoms with Crippen molar-refractivity contribution < 1.29 is 20.4 Å². The van der Waals surface area contributed by atoms with Crippen LogP contribution < -0.4 is 0 Å². The maximum atomic E-state index is 11.4. The quantitative estimate of drug-likeness (QED) is 0.450. The Labute approximate surface area is 195 Å². The Balaban J connectivity index is 1.52. The molecule has 0 amide bonds. The van der Waals surface area contributed by atoms with Crippen LogP contribution in [0.3, 0.4) is 0 Å². The summed E-state index contributed by atoms with van der Waals surface area (Å²) in [5, 5.41) is 42.3. The van der Waals surface area contributed by atoms with Crippen LogP contribution >= 0.6 is 0 Å². The summed E-state index contributed by atoms with van der Waals surface area (Å²) in [7, 11) is 0. The second-order valence-corrected chi connectivity index (χ2v) is 12.9. The van der Waals surface area contributed by atoms with Crippen LogP contribution in [0.5, 0.6) is 0 Å². The third-order valence-electron chi connectivity index (χ3n) is 11.3. The molecule has 0 heterocycles. The summed E-state index contributed by atoms with van der Waals surface area (Å²) in [6.45, 7) is 13.6. The third kappa shape index (κ3) is 3.91. The molecule has 0 aliphatic heterocycles. The molecule has 0 radical (unpaired) electrons. The molecule has 0 aromatic heterocycles. The first-order chi connectivity index (χ1) is 15.0. The molecule has 0 aromatic rings. The smallest absolute Gasteiger partial charge is 0.0579 e. The molecule has 4 fully saturated rings. The fourth-order valence-electron chi connectivity index (χ4n) is 9.26. The number of aliphatic hydroxyl groups is 4. The molecular formula is C28H48O4. The van der Waals surface area contributed by atoms with E-state index >= 15 is 0 Å². The second kappa shape index (κ2) is 8.98. The van der Waals surface area contributed by atoms with Crippen LogP contribution in [0.4, 0.5) is 0 Å². The van der Waals surface area contributed by atoms with Crippen molar-refractivity contribution in [3.63, 3.8) is 0 Å². The van der Waals surface area contributed by atoms with Gasteiger partial charge in [-0.15, -0.1) is 0 Å². The Morgan fingerprint density at radius 3 is 2.31 bits per heavy atom.